The van der Waals surface area contributed by atoms with Crippen molar-refractivity contribution in [3.63, 3.8) is 0 Å². The van der Waals surface area contributed by atoms with Gasteiger partial charge in [-0.05, 0) is 31.2 Å². The Morgan fingerprint density at radius 3 is 2.52 bits per heavy atom. The molecule has 1 amide bonds. The van der Waals surface area contributed by atoms with Gasteiger partial charge in [0.2, 0.25) is 0 Å². The number of benzene rings is 1. The number of thiazole rings is 1. The van der Waals surface area contributed by atoms with Gasteiger partial charge in [0.15, 0.2) is 0 Å². The Morgan fingerprint density at radius 1 is 1.33 bits per heavy atom. The lowest BCUT2D eigenvalue weighted by Gasteiger charge is -2.04. The summed E-state index contributed by atoms with van der Waals surface area (Å²) in [4.78, 5) is 27.5. The number of anilines is 1. The fraction of sp³-hybridized carbons (Fsp3) is 0.214. The molecule has 3 N–H and O–H groups in total. The van der Waals surface area contributed by atoms with Crippen molar-refractivity contribution in [2.24, 2.45) is 5.73 Å². The second-order valence-corrected chi connectivity index (χ2v) is 5.27. The zero-order valence-electron chi connectivity index (χ0n) is 11.6. The molecule has 0 aliphatic carbocycles. The summed E-state index contributed by atoms with van der Waals surface area (Å²) < 4.78 is 4.60. The summed E-state index contributed by atoms with van der Waals surface area (Å²) in [6.45, 7) is 1.81. The quantitative estimate of drug-likeness (QED) is 0.844. The molecule has 0 fully saturated rings. The molecule has 1 unspecified atom stereocenters. The monoisotopic (exact) mass is 305 g/mol. The van der Waals surface area contributed by atoms with Crippen LogP contribution in [0.25, 0.3) is 0 Å². The van der Waals surface area contributed by atoms with E-state index in [2.05, 4.69) is 15.0 Å². The van der Waals surface area contributed by atoms with Crippen LogP contribution in [0.2, 0.25) is 0 Å². The second-order valence-electron chi connectivity index (χ2n) is 4.38. The number of rotatable bonds is 4. The number of hydrogen-bond acceptors (Lipinski definition) is 6. The molecule has 0 saturated carbocycles. The lowest BCUT2D eigenvalue weighted by molar-refractivity contribution is 0.0600. The van der Waals surface area contributed by atoms with Gasteiger partial charge >= 0.3 is 5.97 Å². The predicted octanol–water partition coefficient (Wildman–Crippen LogP) is 2.20. The number of hydrogen-bond donors (Lipinski definition) is 2. The Balaban J connectivity index is 2.06. The number of aromatic nitrogens is 1. The van der Waals surface area contributed by atoms with Crippen LogP contribution in [0.4, 0.5) is 5.69 Å². The molecule has 0 aliphatic rings. The molecule has 2 rings (SSSR count). The van der Waals surface area contributed by atoms with E-state index < -0.39 is 5.97 Å². The van der Waals surface area contributed by atoms with Crippen LogP contribution in [0, 0.1) is 0 Å². The standard InChI is InChI=1S/C14H15N3O3S/c1-8(15)13-17-11(7-21-13)12(18)16-10-5-3-9(4-6-10)14(19)20-2/h3-8H,15H2,1-2H3,(H,16,18). The lowest BCUT2D eigenvalue weighted by atomic mass is 10.2. The van der Waals surface area contributed by atoms with Gasteiger partial charge in [0.05, 0.1) is 18.7 Å². The van der Waals surface area contributed by atoms with Crippen LogP contribution >= 0.6 is 11.3 Å². The van der Waals surface area contributed by atoms with Gasteiger partial charge in [0, 0.05) is 11.1 Å². The van der Waals surface area contributed by atoms with Gasteiger partial charge < -0.3 is 15.8 Å². The molecule has 1 heterocycles. The van der Waals surface area contributed by atoms with Gasteiger partial charge in [-0.15, -0.1) is 11.3 Å². The maximum Gasteiger partial charge on any atom is 0.337 e. The maximum atomic E-state index is 12.0. The highest BCUT2D eigenvalue weighted by molar-refractivity contribution is 7.09. The van der Waals surface area contributed by atoms with E-state index in [1.54, 1.807) is 29.6 Å². The van der Waals surface area contributed by atoms with Crippen molar-refractivity contribution in [1.82, 2.24) is 4.98 Å². The zero-order valence-corrected chi connectivity index (χ0v) is 12.4. The van der Waals surface area contributed by atoms with Crippen LogP contribution in [0.3, 0.4) is 0 Å². The van der Waals surface area contributed by atoms with Crippen LogP contribution in [0.15, 0.2) is 29.6 Å². The third-order valence-corrected chi connectivity index (χ3v) is 3.75. The fourth-order valence-corrected chi connectivity index (χ4v) is 2.36. The molecule has 0 saturated heterocycles. The Morgan fingerprint density at radius 2 is 2.00 bits per heavy atom. The van der Waals surface area contributed by atoms with Crippen molar-refractivity contribution >= 4 is 28.9 Å². The molecule has 110 valence electrons. The fourth-order valence-electron chi connectivity index (χ4n) is 1.60. The van der Waals surface area contributed by atoms with E-state index >= 15 is 0 Å². The summed E-state index contributed by atoms with van der Waals surface area (Å²) in [5, 5.41) is 5.08. The van der Waals surface area contributed by atoms with Gasteiger partial charge in [-0.25, -0.2) is 9.78 Å². The smallest absolute Gasteiger partial charge is 0.337 e. The molecule has 6 nitrogen and oxygen atoms in total. The number of carbonyl (C=O) groups is 2. The van der Waals surface area contributed by atoms with Crippen molar-refractivity contribution in [2.75, 3.05) is 12.4 Å². The molecular formula is C14H15N3O3S. The van der Waals surface area contributed by atoms with Gasteiger partial charge in [-0.1, -0.05) is 0 Å². The van der Waals surface area contributed by atoms with Gasteiger partial charge in [0.25, 0.3) is 5.91 Å². The number of methoxy groups -OCH3 is 1. The van der Waals surface area contributed by atoms with Crippen LogP contribution in [-0.4, -0.2) is 24.0 Å². The number of ether oxygens (including phenoxy) is 1. The third kappa shape index (κ3) is 3.65. The van der Waals surface area contributed by atoms with E-state index in [1.807, 2.05) is 6.92 Å². The minimum atomic E-state index is -0.422. The lowest BCUT2D eigenvalue weighted by Crippen LogP contribution is -2.13. The van der Waals surface area contributed by atoms with Crippen LogP contribution in [-0.2, 0) is 4.74 Å². The average molecular weight is 305 g/mol. The van der Waals surface area contributed by atoms with Gasteiger partial charge in [-0.2, -0.15) is 0 Å². The van der Waals surface area contributed by atoms with Gasteiger partial charge in [0.1, 0.15) is 10.7 Å². The number of amides is 1. The number of nitrogens with zero attached hydrogens (tertiary/aromatic N) is 1. The first-order chi connectivity index (χ1) is 10.0. The zero-order chi connectivity index (χ0) is 15.4. The molecule has 0 bridgehead atoms. The molecule has 2 aromatic rings. The minimum absolute atomic E-state index is 0.198. The first-order valence-corrected chi connectivity index (χ1v) is 7.10. The molecule has 0 radical (unpaired) electrons. The van der Waals surface area contributed by atoms with Crippen LogP contribution in [0.1, 0.15) is 38.8 Å². The summed E-state index contributed by atoms with van der Waals surface area (Å²) in [5.41, 5.74) is 7.03. The number of nitrogens with one attached hydrogen (secondary N) is 1. The molecule has 7 heteroatoms. The topological polar surface area (TPSA) is 94.3 Å². The summed E-state index contributed by atoms with van der Waals surface area (Å²) in [6.07, 6.45) is 0. The Bertz CT molecular complexity index is 650. The first-order valence-electron chi connectivity index (χ1n) is 6.22. The van der Waals surface area contributed by atoms with Crippen molar-refractivity contribution in [3.8, 4) is 0 Å². The van der Waals surface area contributed by atoms with Crippen molar-refractivity contribution in [3.05, 3.63) is 45.9 Å². The Hall–Kier alpha value is -2.25. The Labute approximate surface area is 125 Å². The van der Waals surface area contributed by atoms with E-state index in [9.17, 15) is 9.59 Å². The summed E-state index contributed by atoms with van der Waals surface area (Å²) in [6, 6.07) is 6.22. The van der Waals surface area contributed by atoms with Gasteiger partial charge in [-0.3, -0.25) is 4.79 Å². The van der Waals surface area contributed by atoms with E-state index in [0.717, 1.165) is 0 Å². The SMILES string of the molecule is COC(=O)c1ccc(NC(=O)c2csc(C(C)N)n2)cc1. The highest BCUT2D eigenvalue weighted by Crippen LogP contribution is 2.17. The third-order valence-electron chi connectivity index (χ3n) is 2.71. The normalized spacial score (nSPS) is 11.8. The number of carbonyl (C=O) groups excluding carboxylic acids is 2. The van der Waals surface area contributed by atoms with Crippen LogP contribution < -0.4 is 11.1 Å². The van der Waals surface area contributed by atoms with Crippen LogP contribution in [0.5, 0.6) is 0 Å². The summed E-state index contributed by atoms with van der Waals surface area (Å²) in [7, 11) is 1.32. The first kappa shape index (κ1) is 15.1. The van der Waals surface area contributed by atoms with E-state index in [4.69, 9.17) is 5.73 Å². The average Bonchev–Trinajstić information content (AvgIpc) is 2.97. The maximum absolute atomic E-state index is 12.0. The number of esters is 1. The van der Waals surface area contributed by atoms with Crippen molar-refractivity contribution < 1.29 is 14.3 Å². The minimum Gasteiger partial charge on any atom is -0.465 e. The van der Waals surface area contributed by atoms with E-state index in [1.165, 1.54) is 18.4 Å². The largest absolute Gasteiger partial charge is 0.465 e. The molecule has 0 spiro atoms. The molecule has 1 aromatic carbocycles. The molecule has 21 heavy (non-hydrogen) atoms. The number of nitrogens with two attached hydrogens (primary N) is 1. The molecule has 1 atom stereocenters. The summed E-state index contributed by atoms with van der Waals surface area (Å²) in [5.74, 6) is -0.738. The Kier molecular flexibility index (Phi) is 4.66. The molecule has 0 aliphatic heterocycles. The van der Waals surface area contributed by atoms with Crippen molar-refractivity contribution in [1.29, 1.82) is 0 Å². The predicted molar refractivity (Wildman–Crippen MR) is 80.5 cm³/mol. The highest BCUT2D eigenvalue weighted by Gasteiger charge is 2.13. The second kappa shape index (κ2) is 6.47. The highest BCUT2D eigenvalue weighted by atomic mass is 32.1. The van der Waals surface area contributed by atoms with E-state index in [0.29, 0.717) is 22.0 Å². The van der Waals surface area contributed by atoms with Crippen molar-refractivity contribution in [2.45, 2.75) is 13.0 Å². The molecule has 1 aromatic heterocycles. The van der Waals surface area contributed by atoms with E-state index in [-0.39, 0.29) is 11.9 Å². The molecular weight excluding hydrogens is 290 g/mol. The summed E-state index contributed by atoms with van der Waals surface area (Å²) >= 11 is 1.35.